The molecule has 0 aliphatic carbocycles. The van der Waals surface area contributed by atoms with E-state index in [0.717, 1.165) is 0 Å². The zero-order valence-electron chi connectivity index (χ0n) is 11.2. The van der Waals surface area contributed by atoms with Crippen molar-refractivity contribution in [2.45, 2.75) is 32.9 Å². The Balaban J connectivity index is 2.69. The second-order valence-corrected chi connectivity index (χ2v) is 3.81. The average Bonchev–Trinajstić information content (AvgIpc) is 2.81. The molecule has 8 nitrogen and oxygen atoms in total. The fourth-order valence-electron chi connectivity index (χ4n) is 1.59. The molecule has 1 rings (SSSR count). The van der Waals surface area contributed by atoms with E-state index in [1.54, 1.807) is 14.0 Å². The van der Waals surface area contributed by atoms with Gasteiger partial charge in [-0.15, -0.1) is 5.10 Å². The smallest absolute Gasteiger partial charge is 0.360 e. The van der Waals surface area contributed by atoms with Crippen LogP contribution >= 0.6 is 0 Å². The van der Waals surface area contributed by atoms with Crippen LogP contribution in [0.4, 0.5) is 0 Å². The lowest BCUT2D eigenvalue weighted by molar-refractivity contribution is -0.120. The number of nitrogens with one attached hydrogen (secondary N) is 1. The van der Waals surface area contributed by atoms with Crippen LogP contribution in [0.2, 0.25) is 0 Å². The normalized spacial score (nSPS) is 10.3. The lowest BCUT2D eigenvalue weighted by atomic mass is 10.2. The number of ether oxygens (including phenoxy) is 1. The summed E-state index contributed by atoms with van der Waals surface area (Å²) in [5.41, 5.74) is 6.27. The summed E-state index contributed by atoms with van der Waals surface area (Å²) in [7, 11) is 1.59. The minimum atomic E-state index is -0.527. The molecule has 0 atom stereocenters. The van der Waals surface area contributed by atoms with Crippen molar-refractivity contribution < 1.29 is 14.3 Å². The molecule has 0 aromatic carbocycles. The Labute approximate surface area is 111 Å². The highest BCUT2D eigenvalue weighted by molar-refractivity contribution is 5.88. The van der Waals surface area contributed by atoms with Crippen molar-refractivity contribution in [1.82, 2.24) is 20.3 Å². The standard InChI is InChI=1S/C11H19N5O3/c1-3-19-11(18)10-8(7-12)16(15-14-10)6-4-5-9(17)13-2/h3-7,12H2,1-2H3,(H,13,17). The van der Waals surface area contributed by atoms with E-state index in [9.17, 15) is 9.59 Å². The average molecular weight is 269 g/mol. The highest BCUT2D eigenvalue weighted by Gasteiger charge is 2.19. The Morgan fingerprint density at radius 2 is 2.21 bits per heavy atom. The first kappa shape index (κ1) is 15.1. The van der Waals surface area contributed by atoms with Crippen molar-refractivity contribution in [2.24, 2.45) is 5.73 Å². The van der Waals surface area contributed by atoms with Crippen LogP contribution in [0.25, 0.3) is 0 Å². The van der Waals surface area contributed by atoms with Crippen LogP contribution in [0.3, 0.4) is 0 Å². The zero-order valence-corrected chi connectivity index (χ0v) is 11.2. The van der Waals surface area contributed by atoms with Gasteiger partial charge in [0, 0.05) is 26.6 Å². The Hall–Kier alpha value is -1.96. The largest absolute Gasteiger partial charge is 0.461 e. The summed E-state index contributed by atoms with van der Waals surface area (Å²) in [5, 5.41) is 10.2. The number of hydrogen-bond donors (Lipinski definition) is 2. The van der Waals surface area contributed by atoms with Crippen LogP contribution in [-0.4, -0.2) is 40.5 Å². The third-order valence-electron chi connectivity index (χ3n) is 2.55. The highest BCUT2D eigenvalue weighted by Crippen LogP contribution is 2.08. The maximum absolute atomic E-state index is 11.6. The maximum atomic E-state index is 11.6. The number of amides is 1. The predicted octanol–water partition coefficient (Wildman–Crippen LogP) is -0.560. The van der Waals surface area contributed by atoms with Gasteiger partial charge in [0.1, 0.15) is 0 Å². The van der Waals surface area contributed by atoms with Crippen LogP contribution in [0, 0.1) is 0 Å². The molecule has 0 radical (unpaired) electrons. The number of nitrogens with two attached hydrogens (primary N) is 1. The second kappa shape index (κ2) is 7.47. The van der Waals surface area contributed by atoms with Crippen molar-refractivity contribution in [3.8, 4) is 0 Å². The summed E-state index contributed by atoms with van der Waals surface area (Å²) in [6, 6.07) is 0. The second-order valence-electron chi connectivity index (χ2n) is 3.81. The molecule has 0 fully saturated rings. The molecule has 0 aliphatic heterocycles. The van der Waals surface area contributed by atoms with Crippen molar-refractivity contribution in [1.29, 1.82) is 0 Å². The van der Waals surface area contributed by atoms with Gasteiger partial charge in [-0.3, -0.25) is 4.79 Å². The van der Waals surface area contributed by atoms with Gasteiger partial charge in [0.25, 0.3) is 0 Å². The number of hydrogen-bond acceptors (Lipinski definition) is 6. The minimum Gasteiger partial charge on any atom is -0.461 e. The summed E-state index contributed by atoms with van der Waals surface area (Å²) in [6.07, 6.45) is 0.980. The molecule has 19 heavy (non-hydrogen) atoms. The SMILES string of the molecule is CCOC(=O)c1nnn(CCCC(=O)NC)c1CN. The van der Waals surface area contributed by atoms with Gasteiger partial charge in [0.15, 0.2) is 5.69 Å². The third kappa shape index (κ3) is 4.02. The summed E-state index contributed by atoms with van der Waals surface area (Å²) in [4.78, 5) is 22.7. The molecule has 8 heteroatoms. The van der Waals surface area contributed by atoms with E-state index in [4.69, 9.17) is 10.5 Å². The van der Waals surface area contributed by atoms with Crippen molar-refractivity contribution in [2.75, 3.05) is 13.7 Å². The first-order valence-corrected chi connectivity index (χ1v) is 6.14. The first-order chi connectivity index (χ1) is 9.13. The molecule has 1 aromatic heterocycles. The molecule has 1 heterocycles. The molecule has 0 aliphatic rings. The van der Waals surface area contributed by atoms with Gasteiger partial charge < -0.3 is 15.8 Å². The monoisotopic (exact) mass is 269 g/mol. The molecule has 106 valence electrons. The Morgan fingerprint density at radius 3 is 2.79 bits per heavy atom. The first-order valence-electron chi connectivity index (χ1n) is 6.14. The van der Waals surface area contributed by atoms with E-state index < -0.39 is 5.97 Å². The van der Waals surface area contributed by atoms with Crippen LogP contribution in [0.1, 0.15) is 35.9 Å². The quantitative estimate of drug-likeness (QED) is 0.642. The molecule has 0 saturated carbocycles. The van der Waals surface area contributed by atoms with E-state index in [-0.39, 0.29) is 24.8 Å². The minimum absolute atomic E-state index is 0.0416. The molecular formula is C11H19N5O3. The van der Waals surface area contributed by atoms with Gasteiger partial charge >= 0.3 is 5.97 Å². The molecular weight excluding hydrogens is 250 g/mol. The van der Waals surface area contributed by atoms with E-state index in [0.29, 0.717) is 25.1 Å². The van der Waals surface area contributed by atoms with Gasteiger partial charge in [-0.2, -0.15) is 0 Å². The maximum Gasteiger partial charge on any atom is 0.360 e. The van der Waals surface area contributed by atoms with Crippen LogP contribution in [-0.2, 0) is 22.6 Å². The fourth-order valence-corrected chi connectivity index (χ4v) is 1.59. The summed E-state index contributed by atoms with van der Waals surface area (Å²) in [6.45, 7) is 2.60. The van der Waals surface area contributed by atoms with E-state index in [1.165, 1.54) is 4.68 Å². The highest BCUT2D eigenvalue weighted by atomic mass is 16.5. The molecule has 0 unspecified atom stereocenters. The van der Waals surface area contributed by atoms with Crippen LogP contribution < -0.4 is 11.1 Å². The number of aromatic nitrogens is 3. The summed E-state index contributed by atoms with van der Waals surface area (Å²) in [5.74, 6) is -0.569. The van der Waals surface area contributed by atoms with Crippen LogP contribution in [0.5, 0.6) is 0 Å². The predicted molar refractivity (Wildman–Crippen MR) is 67.2 cm³/mol. The number of carbonyl (C=O) groups excluding carboxylic acids is 2. The molecule has 0 bridgehead atoms. The number of aryl methyl sites for hydroxylation is 1. The third-order valence-corrected chi connectivity index (χ3v) is 2.55. The van der Waals surface area contributed by atoms with E-state index in [2.05, 4.69) is 15.6 Å². The summed E-state index contributed by atoms with van der Waals surface area (Å²) >= 11 is 0. The van der Waals surface area contributed by atoms with Gasteiger partial charge in [0.2, 0.25) is 5.91 Å². The topological polar surface area (TPSA) is 112 Å². The van der Waals surface area contributed by atoms with Gasteiger partial charge in [-0.1, -0.05) is 5.21 Å². The Bertz CT molecular complexity index is 444. The van der Waals surface area contributed by atoms with Crippen molar-refractivity contribution in [3.05, 3.63) is 11.4 Å². The van der Waals surface area contributed by atoms with E-state index >= 15 is 0 Å². The lowest BCUT2D eigenvalue weighted by Crippen LogP contribution is -2.19. The molecule has 0 saturated heterocycles. The molecule has 1 amide bonds. The molecule has 1 aromatic rings. The van der Waals surface area contributed by atoms with Gasteiger partial charge in [0.05, 0.1) is 12.3 Å². The fraction of sp³-hybridized carbons (Fsp3) is 0.636. The summed E-state index contributed by atoms with van der Waals surface area (Å²) < 4.78 is 6.41. The van der Waals surface area contributed by atoms with Crippen molar-refractivity contribution in [3.63, 3.8) is 0 Å². The Morgan fingerprint density at radius 1 is 1.47 bits per heavy atom. The lowest BCUT2D eigenvalue weighted by Gasteiger charge is -2.05. The number of carbonyl (C=O) groups is 2. The van der Waals surface area contributed by atoms with E-state index in [1.807, 2.05) is 0 Å². The van der Waals surface area contributed by atoms with Gasteiger partial charge in [-0.05, 0) is 13.3 Å². The Kier molecular flexibility index (Phi) is 5.94. The van der Waals surface area contributed by atoms with Crippen LogP contribution in [0.15, 0.2) is 0 Å². The number of nitrogens with zero attached hydrogens (tertiary/aromatic N) is 3. The molecule has 0 spiro atoms. The molecule has 3 N–H and O–H groups in total. The van der Waals surface area contributed by atoms with Crippen molar-refractivity contribution >= 4 is 11.9 Å². The number of rotatable bonds is 7. The zero-order chi connectivity index (χ0) is 14.3. The van der Waals surface area contributed by atoms with Gasteiger partial charge in [-0.25, -0.2) is 9.48 Å². The number of esters is 1.